The minimum atomic E-state index is -2.76. The third-order valence-corrected chi connectivity index (χ3v) is 13.2. The third-order valence-electron chi connectivity index (χ3n) is 13.2. The molecule has 0 aliphatic carbocycles. The molecule has 66 heavy (non-hydrogen) atoms. The van der Waals surface area contributed by atoms with Gasteiger partial charge in [-0.05, 0) is 86.4 Å². The average molecular weight is 910 g/mol. The van der Waals surface area contributed by atoms with Crippen molar-refractivity contribution < 1.29 is 42.3 Å². The SMILES string of the molecule is CNC(=O)N1CCc2c(c(N3CCCc4cc(-c5cnn(CCNC(=O)CCCCNc6ccc7c(c6)C(=O)N(C6CCC(=O)NC6=O)C7=O)c5)c(C(F)F)cc43)nn2C2CCOCC2)C1. The Balaban J connectivity index is 0.789. The number of carbonyl (C=O) groups is 6. The molecule has 1 unspecified atom stereocenters. The van der Waals surface area contributed by atoms with Crippen molar-refractivity contribution in [1.82, 2.24) is 45.3 Å². The highest BCUT2D eigenvalue weighted by molar-refractivity contribution is 6.23. The third kappa shape index (κ3) is 8.84. The van der Waals surface area contributed by atoms with Gasteiger partial charge in [0.05, 0.1) is 36.5 Å². The Morgan fingerprint density at radius 3 is 2.55 bits per heavy atom. The van der Waals surface area contributed by atoms with Crippen molar-refractivity contribution >= 4 is 52.8 Å². The molecule has 5 aliphatic rings. The topological polar surface area (TPSA) is 205 Å². The number of hydrogen-bond acceptors (Lipinski definition) is 11. The van der Waals surface area contributed by atoms with E-state index < -0.39 is 36.1 Å². The molecule has 4 aromatic rings. The molecular weight excluding hydrogens is 857 g/mol. The highest BCUT2D eigenvalue weighted by atomic mass is 19.3. The van der Waals surface area contributed by atoms with Crippen LogP contribution in [0.1, 0.15) is 107 Å². The molecule has 7 amide bonds. The second kappa shape index (κ2) is 19.0. The Morgan fingerprint density at radius 1 is 0.939 bits per heavy atom. The first-order valence-corrected chi connectivity index (χ1v) is 22.7. The number of hydrogen-bond donors (Lipinski definition) is 4. The molecule has 2 fully saturated rings. The van der Waals surface area contributed by atoms with Crippen molar-refractivity contribution in [2.75, 3.05) is 56.7 Å². The van der Waals surface area contributed by atoms with Gasteiger partial charge in [-0.25, -0.2) is 13.6 Å². The van der Waals surface area contributed by atoms with E-state index in [4.69, 9.17) is 9.84 Å². The lowest BCUT2D eigenvalue weighted by Gasteiger charge is -2.33. The predicted octanol–water partition coefficient (Wildman–Crippen LogP) is 4.62. The molecule has 2 aromatic carbocycles. The number of imide groups is 2. The molecule has 348 valence electrons. The second-order valence-electron chi connectivity index (χ2n) is 17.3. The summed E-state index contributed by atoms with van der Waals surface area (Å²) in [4.78, 5) is 80.2. The average Bonchev–Trinajstić information content (AvgIpc) is 4.02. The van der Waals surface area contributed by atoms with Crippen molar-refractivity contribution in [3.63, 3.8) is 0 Å². The number of urea groups is 1. The maximum Gasteiger partial charge on any atom is 0.317 e. The number of alkyl halides is 2. The van der Waals surface area contributed by atoms with Gasteiger partial charge in [0.15, 0.2) is 5.82 Å². The van der Waals surface area contributed by atoms with Crippen LogP contribution < -0.4 is 26.2 Å². The number of anilines is 3. The summed E-state index contributed by atoms with van der Waals surface area (Å²) in [6.45, 7) is 3.96. The van der Waals surface area contributed by atoms with E-state index in [-0.39, 0.29) is 53.9 Å². The van der Waals surface area contributed by atoms with E-state index in [1.807, 2.05) is 6.07 Å². The molecular formula is C46H53F2N11O7. The number of nitrogens with zero attached hydrogens (tertiary/aromatic N) is 7. The molecule has 9 rings (SSSR count). The Morgan fingerprint density at radius 2 is 1.76 bits per heavy atom. The maximum absolute atomic E-state index is 15.0. The number of fused-ring (bicyclic) bond motifs is 3. The molecule has 4 N–H and O–H groups in total. The summed E-state index contributed by atoms with van der Waals surface area (Å²) >= 11 is 0. The number of benzene rings is 2. The number of aryl methyl sites for hydroxylation is 1. The number of rotatable bonds is 14. The van der Waals surface area contributed by atoms with Gasteiger partial charge in [0, 0.05) is 106 Å². The monoisotopic (exact) mass is 909 g/mol. The van der Waals surface area contributed by atoms with Gasteiger partial charge in [0.1, 0.15) is 6.04 Å². The van der Waals surface area contributed by atoms with E-state index in [0.29, 0.717) is 106 Å². The van der Waals surface area contributed by atoms with Crippen LogP contribution >= 0.6 is 0 Å². The summed E-state index contributed by atoms with van der Waals surface area (Å²) in [5.74, 6) is -1.68. The predicted molar refractivity (Wildman–Crippen MR) is 236 cm³/mol. The summed E-state index contributed by atoms with van der Waals surface area (Å²) < 4.78 is 39.4. The van der Waals surface area contributed by atoms with Gasteiger partial charge in [-0.2, -0.15) is 10.2 Å². The second-order valence-corrected chi connectivity index (χ2v) is 17.3. The summed E-state index contributed by atoms with van der Waals surface area (Å²) in [7, 11) is 1.61. The lowest BCUT2D eigenvalue weighted by Crippen LogP contribution is -2.54. The smallest absolute Gasteiger partial charge is 0.317 e. The number of nitrogens with one attached hydrogen (secondary N) is 4. The highest BCUT2D eigenvalue weighted by Crippen LogP contribution is 2.44. The molecule has 0 bridgehead atoms. The number of amides is 7. The molecule has 0 radical (unpaired) electrons. The minimum absolute atomic E-state index is 0.0436. The Hall–Kier alpha value is -6.70. The maximum atomic E-state index is 15.0. The van der Waals surface area contributed by atoms with Crippen LogP contribution in [-0.4, -0.2) is 117 Å². The summed E-state index contributed by atoms with van der Waals surface area (Å²) in [5, 5.41) is 20.7. The first-order chi connectivity index (χ1) is 32.0. The zero-order valence-electron chi connectivity index (χ0n) is 36.7. The van der Waals surface area contributed by atoms with Crippen LogP contribution in [0.2, 0.25) is 0 Å². The van der Waals surface area contributed by atoms with Crippen LogP contribution in [-0.2, 0) is 45.1 Å². The Kier molecular flexibility index (Phi) is 12.8. The minimum Gasteiger partial charge on any atom is -0.385 e. The van der Waals surface area contributed by atoms with Crippen LogP contribution in [0.4, 0.5) is 30.8 Å². The number of carbonyl (C=O) groups excluding carboxylic acids is 6. The van der Waals surface area contributed by atoms with Gasteiger partial charge in [0.25, 0.3) is 18.2 Å². The van der Waals surface area contributed by atoms with Crippen LogP contribution in [0, 0.1) is 0 Å². The molecule has 18 nitrogen and oxygen atoms in total. The molecule has 2 aromatic heterocycles. The van der Waals surface area contributed by atoms with Crippen molar-refractivity contribution in [3.8, 4) is 11.1 Å². The van der Waals surface area contributed by atoms with Gasteiger partial charge in [-0.1, -0.05) is 0 Å². The number of unbranched alkanes of at least 4 members (excludes halogenated alkanes) is 1. The van der Waals surface area contributed by atoms with Gasteiger partial charge in [0.2, 0.25) is 17.7 Å². The van der Waals surface area contributed by atoms with Gasteiger partial charge in [-0.15, -0.1) is 0 Å². The first-order valence-electron chi connectivity index (χ1n) is 22.7. The summed E-state index contributed by atoms with van der Waals surface area (Å²) in [6, 6.07) is 7.20. The van der Waals surface area contributed by atoms with Crippen molar-refractivity contribution in [3.05, 3.63) is 76.2 Å². The molecule has 20 heteroatoms. The van der Waals surface area contributed by atoms with Gasteiger partial charge in [-0.3, -0.25) is 43.6 Å². The van der Waals surface area contributed by atoms with Crippen molar-refractivity contribution in [1.29, 1.82) is 0 Å². The van der Waals surface area contributed by atoms with Crippen LogP contribution in [0.3, 0.4) is 0 Å². The van der Waals surface area contributed by atoms with Crippen LogP contribution in [0.5, 0.6) is 0 Å². The number of halogens is 2. The summed E-state index contributed by atoms with van der Waals surface area (Å²) in [5.41, 5.74) is 5.52. The van der Waals surface area contributed by atoms with Crippen LogP contribution in [0.15, 0.2) is 42.7 Å². The lowest BCUT2D eigenvalue weighted by molar-refractivity contribution is -0.136. The lowest BCUT2D eigenvalue weighted by atomic mass is 9.92. The molecule has 0 spiro atoms. The Bertz CT molecular complexity index is 2570. The van der Waals surface area contributed by atoms with Gasteiger partial charge >= 0.3 is 6.03 Å². The zero-order chi connectivity index (χ0) is 46.1. The number of piperidine rings is 1. The first kappa shape index (κ1) is 44.5. The van der Waals surface area contributed by atoms with E-state index in [1.54, 1.807) is 53.3 Å². The molecule has 5 aliphatic heterocycles. The van der Waals surface area contributed by atoms with E-state index >= 15 is 0 Å². The zero-order valence-corrected chi connectivity index (χ0v) is 36.7. The van der Waals surface area contributed by atoms with Crippen molar-refractivity contribution in [2.45, 2.75) is 95.8 Å². The van der Waals surface area contributed by atoms with E-state index in [2.05, 4.69) is 35.9 Å². The van der Waals surface area contributed by atoms with Gasteiger partial charge < -0.3 is 30.5 Å². The number of ether oxygens (including phenoxy) is 1. The van der Waals surface area contributed by atoms with E-state index in [0.717, 1.165) is 41.0 Å². The molecule has 0 saturated carbocycles. The number of aromatic nitrogens is 4. The standard InChI is InChI=1S/C46H53F2N11O7/c1-49-46(65)55-17-11-36-35(26-55)42(54-59(36)30-12-19-66-20-13-30)57-16-4-5-27-21-32(33(41(47)48)23-38(27)57)28-24-52-56(25-28)18-15-51-39(60)6-2-3-14-50-29-7-8-31-34(22-29)45(64)58(44(31)63)37-9-10-40(61)53-43(37)62/h7-8,21-25,30,37,41,50H,2-6,9-20,26H2,1H3,(H,49,65)(H,51,60)(H,53,61,62). The van der Waals surface area contributed by atoms with E-state index in [1.165, 1.54) is 0 Å². The van der Waals surface area contributed by atoms with Crippen LogP contribution in [0.25, 0.3) is 11.1 Å². The Labute approximate surface area is 379 Å². The molecule has 7 heterocycles. The van der Waals surface area contributed by atoms with E-state index in [9.17, 15) is 37.5 Å². The largest absolute Gasteiger partial charge is 0.385 e. The quantitative estimate of drug-likeness (QED) is 0.102. The highest BCUT2D eigenvalue weighted by Gasteiger charge is 2.45. The molecule has 1 atom stereocenters. The normalized spacial score (nSPS) is 18.6. The fraction of sp³-hybridized carbons (Fsp3) is 0.478. The molecule has 2 saturated heterocycles. The fourth-order valence-corrected chi connectivity index (χ4v) is 9.76. The fourth-order valence-electron chi connectivity index (χ4n) is 9.76. The van der Waals surface area contributed by atoms with Crippen molar-refractivity contribution in [2.24, 2.45) is 0 Å². The summed E-state index contributed by atoms with van der Waals surface area (Å²) in [6.07, 6.45) is 5.97.